The Morgan fingerprint density at radius 2 is 2.08 bits per heavy atom. The topological polar surface area (TPSA) is 77.0 Å². The summed E-state index contributed by atoms with van der Waals surface area (Å²) in [5.74, 6) is 0.000142. The van der Waals surface area contributed by atoms with Crippen LogP contribution in [-0.2, 0) is 7.05 Å². The molecule has 0 N–H and O–H groups in total. The number of fused-ring (bicyclic) bond motifs is 1. The van der Waals surface area contributed by atoms with Gasteiger partial charge in [0.15, 0.2) is 0 Å². The van der Waals surface area contributed by atoms with Crippen molar-refractivity contribution in [2.75, 3.05) is 6.54 Å². The molecule has 1 saturated heterocycles. The van der Waals surface area contributed by atoms with Crippen molar-refractivity contribution in [3.05, 3.63) is 40.5 Å². The molecule has 0 aromatic carbocycles. The molecule has 0 unspecified atom stereocenters. The number of carbonyl (C=O) groups excluding carboxylic acids is 1. The monoisotopic (exact) mass is 339 g/mol. The molecule has 25 heavy (non-hydrogen) atoms. The summed E-state index contributed by atoms with van der Waals surface area (Å²) < 4.78 is 7.03. The van der Waals surface area contributed by atoms with Crippen LogP contribution >= 0.6 is 0 Å². The second-order valence-electron chi connectivity index (χ2n) is 6.71. The van der Waals surface area contributed by atoms with Crippen molar-refractivity contribution in [3.8, 4) is 0 Å². The van der Waals surface area contributed by atoms with Gasteiger partial charge < -0.3 is 9.42 Å². The highest BCUT2D eigenvalue weighted by Gasteiger charge is 2.34. The Morgan fingerprint density at radius 3 is 2.80 bits per heavy atom. The van der Waals surface area contributed by atoms with Crippen molar-refractivity contribution >= 4 is 17.0 Å². The van der Waals surface area contributed by atoms with Gasteiger partial charge in [-0.3, -0.25) is 9.48 Å². The fourth-order valence-electron chi connectivity index (χ4n) is 3.81. The van der Waals surface area contributed by atoms with Crippen LogP contribution in [-0.4, -0.2) is 37.3 Å². The Balaban J connectivity index is 1.71. The van der Waals surface area contributed by atoms with Crippen LogP contribution in [0.4, 0.5) is 0 Å². The molecule has 0 aliphatic carbocycles. The van der Waals surface area contributed by atoms with Gasteiger partial charge in [0.2, 0.25) is 0 Å². The molecule has 0 radical (unpaired) electrons. The van der Waals surface area contributed by atoms with Gasteiger partial charge in [0.25, 0.3) is 11.6 Å². The average Bonchev–Trinajstić information content (AvgIpc) is 3.27. The van der Waals surface area contributed by atoms with Crippen molar-refractivity contribution in [1.29, 1.82) is 0 Å². The number of nitrogens with zero attached hydrogens (tertiary/aromatic N) is 5. The lowest BCUT2D eigenvalue weighted by atomic mass is 10.0. The van der Waals surface area contributed by atoms with Crippen molar-refractivity contribution in [3.63, 3.8) is 0 Å². The van der Waals surface area contributed by atoms with Crippen molar-refractivity contribution in [2.45, 2.75) is 39.7 Å². The first-order valence-corrected chi connectivity index (χ1v) is 8.50. The van der Waals surface area contributed by atoms with Gasteiger partial charge in [-0.25, -0.2) is 4.98 Å². The summed E-state index contributed by atoms with van der Waals surface area (Å²) in [6.07, 6.45) is 3.53. The summed E-state index contributed by atoms with van der Waals surface area (Å²) in [7, 11) is 1.94. The highest BCUT2D eigenvalue weighted by molar-refractivity contribution is 5.97. The standard InChI is InChI=1S/C18H21N5O2/c1-10-14-8-13(9-19-17(14)25-21-10)18(24)23-7-5-6-15(23)16-11(2)20-22(4)12(16)3/h8-9,15H,5-7H2,1-4H3/t15-/m1/s1. The molecule has 4 heterocycles. The average molecular weight is 339 g/mol. The zero-order valence-electron chi connectivity index (χ0n) is 14.9. The maximum absolute atomic E-state index is 13.1. The van der Waals surface area contributed by atoms with Crippen molar-refractivity contribution < 1.29 is 9.32 Å². The lowest BCUT2D eigenvalue weighted by Gasteiger charge is -2.25. The fourth-order valence-corrected chi connectivity index (χ4v) is 3.81. The van der Waals surface area contributed by atoms with E-state index in [1.54, 1.807) is 6.20 Å². The summed E-state index contributed by atoms with van der Waals surface area (Å²) in [6.45, 7) is 6.67. The van der Waals surface area contributed by atoms with Gasteiger partial charge in [-0.2, -0.15) is 5.10 Å². The van der Waals surface area contributed by atoms with Gasteiger partial charge in [0, 0.05) is 31.0 Å². The Hall–Kier alpha value is -2.70. The van der Waals surface area contributed by atoms with E-state index in [0.717, 1.165) is 41.9 Å². The minimum atomic E-state index is 0.000142. The largest absolute Gasteiger partial charge is 0.336 e. The third-order valence-corrected chi connectivity index (χ3v) is 5.17. The highest BCUT2D eigenvalue weighted by Crippen LogP contribution is 2.36. The number of pyridine rings is 1. The molecule has 4 rings (SSSR count). The third kappa shape index (κ3) is 2.42. The molecule has 7 nitrogen and oxygen atoms in total. The molecule has 3 aromatic heterocycles. The number of hydrogen-bond donors (Lipinski definition) is 0. The van der Waals surface area contributed by atoms with E-state index in [0.29, 0.717) is 11.3 Å². The SMILES string of the molecule is Cc1nn(C)c(C)c1[C@H]1CCCN1C(=O)c1cnc2onc(C)c2c1. The molecule has 7 heteroatoms. The number of aryl methyl sites for hydroxylation is 3. The van der Waals surface area contributed by atoms with Gasteiger partial charge in [0.1, 0.15) is 0 Å². The third-order valence-electron chi connectivity index (χ3n) is 5.17. The summed E-state index contributed by atoms with van der Waals surface area (Å²) in [6, 6.07) is 1.90. The molecule has 1 aliphatic heterocycles. The fraction of sp³-hybridized carbons (Fsp3) is 0.444. The number of carbonyl (C=O) groups is 1. The molecule has 3 aromatic rings. The maximum Gasteiger partial charge on any atom is 0.257 e. The summed E-state index contributed by atoms with van der Waals surface area (Å²) in [5.41, 5.74) is 5.06. The molecule has 1 fully saturated rings. The quantitative estimate of drug-likeness (QED) is 0.717. The first-order chi connectivity index (χ1) is 12.0. The van der Waals surface area contributed by atoms with Crippen LogP contribution < -0.4 is 0 Å². The van der Waals surface area contributed by atoms with Gasteiger partial charge >= 0.3 is 0 Å². The molecule has 0 saturated carbocycles. The van der Waals surface area contributed by atoms with E-state index in [4.69, 9.17) is 4.52 Å². The zero-order valence-corrected chi connectivity index (χ0v) is 14.9. The number of rotatable bonds is 2. The minimum absolute atomic E-state index is 0.000142. The zero-order chi connectivity index (χ0) is 17.7. The number of aromatic nitrogens is 4. The van der Waals surface area contributed by atoms with E-state index in [9.17, 15) is 4.79 Å². The number of amides is 1. The summed E-state index contributed by atoms with van der Waals surface area (Å²) >= 11 is 0. The Labute approximate surface area is 145 Å². The van der Waals surface area contributed by atoms with Gasteiger partial charge in [-0.15, -0.1) is 0 Å². The molecule has 130 valence electrons. The number of likely N-dealkylation sites (tertiary alicyclic amines) is 1. The molecule has 1 amide bonds. The van der Waals surface area contributed by atoms with Crippen LogP contribution in [0.2, 0.25) is 0 Å². The Bertz CT molecular complexity index is 971. The van der Waals surface area contributed by atoms with Gasteiger partial charge in [-0.05, 0) is 39.7 Å². The first kappa shape index (κ1) is 15.8. The van der Waals surface area contributed by atoms with E-state index < -0.39 is 0 Å². The van der Waals surface area contributed by atoms with Crippen LogP contribution in [0.5, 0.6) is 0 Å². The lowest BCUT2D eigenvalue weighted by Crippen LogP contribution is -2.31. The normalized spacial score (nSPS) is 17.6. The molecular weight excluding hydrogens is 318 g/mol. The first-order valence-electron chi connectivity index (χ1n) is 8.50. The minimum Gasteiger partial charge on any atom is -0.336 e. The molecule has 1 atom stereocenters. The second kappa shape index (κ2) is 5.68. The Morgan fingerprint density at radius 1 is 1.28 bits per heavy atom. The summed E-state index contributed by atoms with van der Waals surface area (Å²) in [4.78, 5) is 19.3. The van der Waals surface area contributed by atoms with E-state index in [1.807, 2.05) is 36.5 Å². The van der Waals surface area contributed by atoms with E-state index >= 15 is 0 Å². The van der Waals surface area contributed by atoms with Crippen LogP contribution in [0, 0.1) is 20.8 Å². The molecule has 0 spiro atoms. The van der Waals surface area contributed by atoms with Gasteiger partial charge in [-0.1, -0.05) is 5.16 Å². The molecule has 1 aliphatic rings. The smallest absolute Gasteiger partial charge is 0.257 e. The van der Waals surface area contributed by atoms with E-state index in [-0.39, 0.29) is 11.9 Å². The Kier molecular flexibility index (Phi) is 3.59. The summed E-state index contributed by atoms with van der Waals surface area (Å²) in [5, 5.41) is 9.21. The van der Waals surface area contributed by atoms with Crippen LogP contribution in [0.1, 0.15) is 51.9 Å². The highest BCUT2D eigenvalue weighted by atomic mass is 16.5. The number of hydrogen-bond acceptors (Lipinski definition) is 5. The predicted octanol–water partition coefficient (Wildman–Crippen LogP) is 2.86. The van der Waals surface area contributed by atoms with Crippen LogP contribution in [0.15, 0.2) is 16.8 Å². The van der Waals surface area contributed by atoms with E-state index in [1.165, 1.54) is 5.56 Å². The van der Waals surface area contributed by atoms with Crippen molar-refractivity contribution in [2.24, 2.45) is 7.05 Å². The second-order valence-corrected chi connectivity index (χ2v) is 6.71. The predicted molar refractivity (Wildman–Crippen MR) is 92.2 cm³/mol. The van der Waals surface area contributed by atoms with Crippen molar-refractivity contribution in [1.82, 2.24) is 24.8 Å². The maximum atomic E-state index is 13.1. The molecule has 0 bridgehead atoms. The van der Waals surface area contributed by atoms with Crippen LogP contribution in [0.3, 0.4) is 0 Å². The molecular formula is C18H21N5O2. The van der Waals surface area contributed by atoms with Crippen LogP contribution in [0.25, 0.3) is 11.1 Å². The van der Waals surface area contributed by atoms with E-state index in [2.05, 4.69) is 22.2 Å². The van der Waals surface area contributed by atoms with Gasteiger partial charge in [0.05, 0.1) is 28.4 Å². The lowest BCUT2D eigenvalue weighted by molar-refractivity contribution is 0.0735.